The summed E-state index contributed by atoms with van der Waals surface area (Å²) in [6.45, 7) is 1.85. The number of hydrogen-bond donors (Lipinski definition) is 1. The summed E-state index contributed by atoms with van der Waals surface area (Å²) >= 11 is 1.41. The maximum absolute atomic E-state index is 12.5. The van der Waals surface area contributed by atoms with Crippen LogP contribution in [0.4, 0.5) is 5.13 Å². The van der Waals surface area contributed by atoms with Crippen LogP contribution >= 0.6 is 11.3 Å². The lowest BCUT2D eigenvalue weighted by atomic mass is 10.1. The smallest absolute Gasteiger partial charge is 0.261 e. The average Bonchev–Trinajstić information content (AvgIpc) is 3.05. The van der Waals surface area contributed by atoms with Crippen LogP contribution in [0.5, 0.6) is 0 Å². The number of carbonyl (C=O) groups is 1. The molecule has 2 aromatic carbocycles. The summed E-state index contributed by atoms with van der Waals surface area (Å²) in [7, 11) is 0. The number of hydrogen-bond acceptors (Lipinski definition) is 5. The molecule has 27 heavy (non-hydrogen) atoms. The van der Waals surface area contributed by atoms with Crippen molar-refractivity contribution in [3.63, 3.8) is 0 Å². The number of rotatable bonds is 4. The summed E-state index contributed by atoms with van der Waals surface area (Å²) in [6, 6.07) is 16.9. The molecule has 0 spiro atoms. The van der Waals surface area contributed by atoms with Gasteiger partial charge in [0, 0.05) is 10.4 Å². The number of carbonyl (C=O) groups excluding carboxylic acids is 1. The van der Waals surface area contributed by atoms with Crippen LogP contribution in [0.3, 0.4) is 0 Å². The van der Waals surface area contributed by atoms with Crippen molar-refractivity contribution in [1.29, 1.82) is 0 Å². The highest BCUT2D eigenvalue weighted by molar-refractivity contribution is 7.16. The number of amides is 1. The van der Waals surface area contributed by atoms with Gasteiger partial charge in [0.1, 0.15) is 6.54 Å². The first-order valence-corrected chi connectivity index (χ1v) is 9.20. The van der Waals surface area contributed by atoms with Crippen LogP contribution in [-0.2, 0) is 11.3 Å². The molecule has 7 heteroatoms. The van der Waals surface area contributed by atoms with Gasteiger partial charge in [-0.1, -0.05) is 42.5 Å². The number of para-hydroxylation sites is 1. The third-order valence-electron chi connectivity index (χ3n) is 4.14. The molecule has 134 valence electrons. The van der Waals surface area contributed by atoms with E-state index in [1.807, 2.05) is 43.3 Å². The quantitative estimate of drug-likeness (QED) is 0.592. The number of thiazole rings is 1. The normalized spacial score (nSPS) is 10.9. The average molecular weight is 376 g/mol. The van der Waals surface area contributed by atoms with Crippen molar-refractivity contribution in [2.75, 3.05) is 5.32 Å². The number of aromatic nitrogens is 3. The van der Waals surface area contributed by atoms with E-state index in [2.05, 4.69) is 15.3 Å². The third kappa shape index (κ3) is 3.50. The summed E-state index contributed by atoms with van der Waals surface area (Å²) in [5.74, 6) is -0.317. The lowest BCUT2D eigenvalue weighted by Gasteiger charge is -2.06. The van der Waals surface area contributed by atoms with Crippen molar-refractivity contribution in [3.8, 4) is 11.3 Å². The molecule has 0 atom stereocenters. The van der Waals surface area contributed by atoms with Crippen LogP contribution in [-0.4, -0.2) is 20.4 Å². The molecule has 0 aliphatic heterocycles. The van der Waals surface area contributed by atoms with Gasteiger partial charge in [-0.05, 0) is 19.1 Å². The van der Waals surface area contributed by atoms with E-state index in [1.54, 1.807) is 18.2 Å². The third-order valence-corrected chi connectivity index (χ3v) is 5.02. The zero-order chi connectivity index (χ0) is 18.8. The summed E-state index contributed by atoms with van der Waals surface area (Å²) in [4.78, 5) is 34.6. The number of nitrogens with zero attached hydrogens (tertiary/aromatic N) is 3. The maximum atomic E-state index is 12.5. The van der Waals surface area contributed by atoms with Gasteiger partial charge in [0.2, 0.25) is 5.91 Å². The van der Waals surface area contributed by atoms with Gasteiger partial charge in [-0.15, -0.1) is 11.3 Å². The van der Waals surface area contributed by atoms with Crippen LogP contribution in [0.1, 0.15) is 4.88 Å². The van der Waals surface area contributed by atoms with E-state index in [1.165, 1.54) is 22.2 Å². The molecule has 0 saturated heterocycles. The molecule has 0 unspecified atom stereocenters. The van der Waals surface area contributed by atoms with E-state index < -0.39 is 0 Å². The van der Waals surface area contributed by atoms with Gasteiger partial charge in [-0.2, -0.15) is 0 Å². The molecule has 0 saturated carbocycles. The zero-order valence-corrected chi connectivity index (χ0v) is 15.4. The fourth-order valence-corrected chi connectivity index (χ4v) is 3.70. The second kappa shape index (κ2) is 7.13. The standard InChI is InChI=1S/C20H16N4O2S/c1-13-18(14-7-3-2-4-8-14)23-20(27-13)22-17(25)11-24-12-21-16-10-6-5-9-15(16)19(24)26/h2-10,12H,11H2,1H3,(H,22,23,25). The predicted molar refractivity (Wildman–Crippen MR) is 107 cm³/mol. The van der Waals surface area contributed by atoms with E-state index in [0.717, 1.165) is 16.1 Å². The molecule has 1 N–H and O–H groups in total. The van der Waals surface area contributed by atoms with Crippen LogP contribution in [0.25, 0.3) is 22.2 Å². The highest BCUT2D eigenvalue weighted by Crippen LogP contribution is 2.30. The lowest BCUT2D eigenvalue weighted by molar-refractivity contribution is -0.116. The van der Waals surface area contributed by atoms with E-state index in [-0.39, 0.29) is 18.0 Å². The fraction of sp³-hybridized carbons (Fsp3) is 0.100. The summed E-state index contributed by atoms with van der Waals surface area (Å²) in [5.41, 5.74) is 2.22. The summed E-state index contributed by atoms with van der Waals surface area (Å²) < 4.78 is 1.30. The first-order chi connectivity index (χ1) is 13.1. The predicted octanol–water partition coefficient (Wildman–Crippen LogP) is 3.47. The molecular formula is C20H16N4O2S. The summed E-state index contributed by atoms with van der Waals surface area (Å²) in [5, 5.41) is 3.78. The maximum Gasteiger partial charge on any atom is 0.261 e. The Morgan fingerprint density at radius 1 is 1.11 bits per heavy atom. The highest BCUT2D eigenvalue weighted by Gasteiger charge is 2.13. The lowest BCUT2D eigenvalue weighted by Crippen LogP contribution is -2.27. The number of aryl methyl sites for hydroxylation is 1. The van der Waals surface area contributed by atoms with Crippen LogP contribution < -0.4 is 10.9 Å². The van der Waals surface area contributed by atoms with Crippen molar-refractivity contribution >= 4 is 33.3 Å². The monoisotopic (exact) mass is 376 g/mol. The molecule has 6 nitrogen and oxygen atoms in total. The Kier molecular flexibility index (Phi) is 4.52. The Bertz CT molecular complexity index is 1180. The number of fused-ring (bicyclic) bond motifs is 1. The van der Waals surface area contributed by atoms with Crippen LogP contribution in [0, 0.1) is 6.92 Å². The molecule has 0 radical (unpaired) electrons. The minimum atomic E-state index is -0.317. The minimum Gasteiger partial charge on any atom is -0.300 e. The Balaban J connectivity index is 1.54. The Morgan fingerprint density at radius 2 is 1.85 bits per heavy atom. The van der Waals surface area contributed by atoms with Crippen molar-refractivity contribution in [3.05, 3.63) is 76.2 Å². The van der Waals surface area contributed by atoms with Gasteiger partial charge in [0.25, 0.3) is 5.56 Å². The molecular weight excluding hydrogens is 360 g/mol. The first-order valence-electron chi connectivity index (χ1n) is 8.39. The molecule has 0 aliphatic rings. The fourth-order valence-electron chi connectivity index (χ4n) is 2.85. The van der Waals surface area contributed by atoms with Gasteiger partial charge in [0.05, 0.1) is 22.9 Å². The molecule has 2 aromatic heterocycles. The van der Waals surface area contributed by atoms with E-state index in [9.17, 15) is 9.59 Å². The topological polar surface area (TPSA) is 76.9 Å². The first kappa shape index (κ1) is 17.1. The molecule has 4 rings (SSSR count). The second-order valence-electron chi connectivity index (χ2n) is 6.03. The van der Waals surface area contributed by atoms with E-state index >= 15 is 0 Å². The highest BCUT2D eigenvalue weighted by atomic mass is 32.1. The van der Waals surface area contributed by atoms with E-state index in [4.69, 9.17) is 0 Å². The minimum absolute atomic E-state index is 0.115. The molecule has 1 amide bonds. The number of nitrogens with one attached hydrogen (secondary N) is 1. The SMILES string of the molecule is Cc1sc(NC(=O)Cn2cnc3ccccc3c2=O)nc1-c1ccccc1. The van der Waals surface area contributed by atoms with Crippen molar-refractivity contribution < 1.29 is 4.79 Å². The number of benzene rings is 2. The summed E-state index contributed by atoms with van der Waals surface area (Å²) in [6.07, 6.45) is 1.40. The molecule has 0 fully saturated rings. The zero-order valence-electron chi connectivity index (χ0n) is 14.5. The van der Waals surface area contributed by atoms with Crippen molar-refractivity contribution in [1.82, 2.24) is 14.5 Å². The molecule has 4 aromatic rings. The Hall–Kier alpha value is -3.32. The molecule has 0 aliphatic carbocycles. The molecule has 0 bridgehead atoms. The van der Waals surface area contributed by atoms with Crippen molar-refractivity contribution in [2.45, 2.75) is 13.5 Å². The van der Waals surface area contributed by atoms with Gasteiger partial charge >= 0.3 is 0 Å². The van der Waals surface area contributed by atoms with Gasteiger partial charge < -0.3 is 5.32 Å². The van der Waals surface area contributed by atoms with Crippen LogP contribution in [0.15, 0.2) is 65.7 Å². The Morgan fingerprint density at radius 3 is 2.67 bits per heavy atom. The van der Waals surface area contributed by atoms with Gasteiger partial charge in [-0.3, -0.25) is 14.2 Å². The van der Waals surface area contributed by atoms with Gasteiger partial charge in [0.15, 0.2) is 5.13 Å². The van der Waals surface area contributed by atoms with Gasteiger partial charge in [-0.25, -0.2) is 9.97 Å². The van der Waals surface area contributed by atoms with Crippen LogP contribution in [0.2, 0.25) is 0 Å². The Labute approximate surface area is 159 Å². The largest absolute Gasteiger partial charge is 0.300 e. The van der Waals surface area contributed by atoms with Crippen molar-refractivity contribution in [2.24, 2.45) is 0 Å². The second-order valence-corrected chi connectivity index (χ2v) is 7.24. The number of anilines is 1. The molecule has 2 heterocycles. The van der Waals surface area contributed by atoms with E-state index in [0.29, 0.717) is 16.0 Å².